The fourth-order valence-electron chi connectivity index (χ4n) is 4.38. The highest BCUT2D eigenvalue weighted by Gasteiger charge is 2.29. The van der Waals surface area contributed by atoms with E-state index >= 15 is 0 Å². The molecule has 1 saturated heterocycles. The van der Waals surface area contributed by atoms with E-state index in [2.05, 4.69) is 49.8 Å². The second-order valence-corrected chi connectivity index (χ2v) is 10.4. The number of piperidine rings is 1. The Balaban J connectivity index is 1.45. The quantitative estimate of drug-likeness (QED) is 0.497. The summed E-state index contributed by atoms with van der Waals surface area (Å²) in [5.74, 6) is 0.588. The van der Waals surface area contributed by atoms with E-state index in [0.717, 1.165) is 42.9 Å². The van der Waals surface area contributed by atoms with Crippen LogP contribution in [-0.4, -0.2) is 67.8 Å². The molecule has 0 radical (unpaired) electrons. The highest BCUT2D eigenvalue weighted by Crippen LogP contribution is 2.23. The van der Waals surface area contributed by atoms with Gasteiger partial charge < -0.3 is 9.64 Å². The first kappa shape index (κ1) is 25.1. The number of aromatic nitrogens is 4. The van der Waals surface area contributed by atoms with Crippen LogP contribution in [0.4, 0.5) is 4.79 Å². The molecule has 0 spiro atoms. The third-order valence-corrected chi connectivity index (χ3v) is 6.40. The van der Waals surface area contributed by atoms with Crippen LogP contribution in [0.3, 0.4) is 0 Å². The van der Waals surface area contributed by atoms with Crippen LogP contribution in [0.15, 0.2) is 48.5 Å². The Bertz CT molecular complexity index is 1090. The van der Waals surface area contributed by atoms with Crippen molar-refractivity contribution in [3.8, 4) is 11.4 Å². The van der Waals surface area contributed by atoms with Crippen molar-refractivity contribution in [2.75, 3.05) is 19.6 Å². The van der Waals surface area contributed by atoms with Crippen molar-refractivity contribution >= 4 is 17.7 Å². The molecule has 0 aliphatic carbocycles. The Kier molecular flexibility index (Phi) is 8.03. The first-order valence-electron chi connectivity index (χ1n) is 12.1. The van der Waals surface area contributed by atoms with Gasteiger partial charge in [0, 0.05) is 42.8 Å². The minimum Gasteiger partial charge on any atom is -0.444 e. The molecule has 1 amide bonds. The monoisotopic (exact) mass is 496 g/mol. The predicted octanol–water partition coefficient (Wildman–Crippen LogP) is 4.96. The number of hydrogen-bond donors (Lipinski definition) is 1. The third-order valence-electron chi connectivity index (χ3n) is 6.15. The van der Waals surface area contributed by atoms with Crippen LogP contribution < -0.4 is 0 Å². The Labute approximate surface area is 211 Å². The Morgan fingerprint density at radius 2 is 1.89 bits per heavy atom. The van der Waals surface area contributed by atoms with E-state index < -0.39 is 5.60 Å². The van der Waals surface area contributed by atoms with Gasteiger partial charge in [0.2, 0.25) is 5.82 Å². The first-order valence-corrected chi connectivity index (χ1v) is 12.4. The summed E-state index contributed by atoms with van der Waals surface area (Å²) in [6, 6.07) is 16.7. The topological polar surface area (TPSA) is 87.2 Å². The number of rotatable bonds is 7. The first-order chi connectivity index (χ1) is 16.8. The normalized spacial score (nSPS) is 14.9. The fraction of sp³-hybridized carbons (Fsp3) is 0.462. The summed E-state index contributed by atoms with van der Waals surface area (Å²) in [5.41, 5.74) is 2.90. The number of hydrogen-bond acceptors (Lipinski definition) is 6. The number of carbonyl (C=O) groups excluding carboxylic acids is 1. The number of nitrogens with zero attached hydrogens (tertiary/aromatic N) is 5. The molecule has 8 nitrogen and oxygen atoms in total. The maximum Gasteiger partial charge on any atom is 0.410 e. The molecular formula is C26H33ClN6O2. The number of halogens is 1. The molecule has 1 aliphatic heterocycles. The second-order valence-electron chi connectivity index (χ2n) is 9.98. The lowest BCUT2D eigenvalue weighted by Gasteiger charge is -2.39. The van der Waals surface area contributed by atoms with Crippen LogP contribution in [0.25, 0.3) is 11.4 Å². The molecule has 1 fully saturated rings. The number of carbonyl (C=O) groups is 1. The lowest BCUT2D eigenvalue weighted by molar-refractivity contribution is 0.0138. The van der Waals surface area contributed by atoms with E-state index in [4.69, 9.17) is 16.3 Å². The van der Waals surface area contributed by atoms with Gasteiger partial charge in [-0.1, -0.05) is 41.9 Å². The number of ether oxygens (including phenoxy) is 1. The number of amides is 1. The van der Waals surface area contributed by atoms with Crippen molar-refractivity contribution in [3.05, 3.63) is 64.7 Å². The van der Waals surface area contributed by atoms with Crippen molar-refractivity contribution in [2.24, 2.45) is 0 Å². The van der Waals surface area contributed by atoms with Crippen LogP contribution in [0, 0.1) is 0 Å². The van der Waals surface area contributed by atoms with Crippen molar-refractivity contribution in [2.45, 2.75) is 58.2 Å². The molecule has 186 valence electrons. The zero-order valence-corrected chi connectivity index (χ0v) is 21.3. The molecule has 0 saturated carbocycles. The Morgan fingerprint density at radius 3 is 2.54 bits per heavy atom. The number of H-pyrrole nitrogens is 1. The SMILES string of the molecule is CC(C)(C)OC(=O)N1CCC(N(CCc2ccc(Cl)cc2)Cc2cccc(-c3nn[nH]n3)c2)CC1. The van der Waals surface area contributed by atoms with Crippen LogP contribution in [0.2, 0.25) is 5.02 Å². The Hall–Kier alpha value is -2.97. The molecule has 4 rings (SSSR count). The highest BCUT2D eigenvalue weighted by molar-refractivity contribution is 6.30. The molecule has 0 bridgehead atoms. The van der Waals surface area contributed by atoms with E-state index in [1.165, 1.54) is 11.1 Å². The summed E-state index contributed by atoms with van der Waals surface area (Å²) >= 11 is 6.07. The van der Waals surface area contributed by atoms with Crippen LogP contribution in [0.5, 0.6) is 0 Å². The van der Waals surface area contributed by atoms with Gasteiger partial charge in [0.15, 0.2) is 0 Å². The van der Waals surface area contributed by atoms with E-state index in [0.29, 0.717) is 25.0 Å². The predicted molar refractivity (Wildman–Crippen MR) is 136 cm³/mol. The second kappa shape index (κ2) is 11.2. The van der Waals surface area contributed by atoms with E-state index in [1.54, 1.807) is 0 Å². The molecule has 1 N–H and O–H groups in total. The third kappa shape index (κ3) is 7.26. The van der Waals surface area contributed by atoms with Gasteiger partial charge in [-0.3, -0.25) is 4.90 Å². The minimum absolute atomic E-state index is 0.225. The van der Waals surface area contributed by atoms with Crippen LogP contribution >= 0.6 is 11.6 Å². The van der Waals surface area contributed by atoms with Gasteiger partial charge in [0.25, 0.3) is 0 Å². The maximum atomic E-state index is 12.5. The van der Waals surface area contributed by atoms with E-state index in [9.17, 15) is 4.79 Å². The lowest BCUT2D eigenvalue weighted by atomic mass is 10.0. The number of nitrogens with one attached hydrogen (secondary N) is 1. The maximum absolute atomic E-state index is 12.5. The van der Waals surface area contributed by atoms with Crippen LogP contribution in [0.1, 0.15) is 44.7 Å². The summed E-state index contributed by atoms with van der Waals surface area (Å²) in [7, 11) is 0. The average molecular weight is 497 g/mol. The number of tetrazole rings is 1. The van der Waals surface area contributed by atoms with E-state index in [-0.39, 0.29) is 6.09 Å². The van der Waals surface area contributed by atoms with Gasteiger partial charge in [0.1, 0.15) is 5.60 Å². The van der Waals surface area contributed by atoms with Crippen molar-refractivity contribution in [3.63, 3.8) is 0 Å². The molecule has 9 heteroatoms. The van der Waals surface area contributed by atoms with Gasteiger partial charge in [-0.25, -0.2) is 4.79 Å². The van der Waals surface area contributed by atoms with Crippen molar-refractivity contribution < 1.29 is 9.53 Å². The molecule has 1 aliphatic rings. The molecule has 0 unspecified atom stereocenters. The zero-order valence-electron chi connectivity index (χ0n) is 20.6. The molecule has 35 heavy (non-hydrogen) atoms. The smallest absolute Gasteiger partial charge is 0.410 e. The highest BCUT2D eigenvalue weighted by atomic mass is 35.5. The van der Waals surface area contributed by atoms with Crippen molar-refractivity contribution in [1.82, 2.24) is 30.4 Å². The van der Waals surface area contributed by atoms with Gasteiger partial charge in [0.05, 0.1) is 0 Å². The summed E-state index contributed by atoms with van der Waals surface area (Å²) in [6.07, 6.45) is 2.51. The zero-order chi connectivity index (χ0) is 24.8. The van der Waals surface area contributed by atoms with Gasteiger partial charge >= 0.3 is 6.09 Å². The fourth-order valence-corrected chi connectivity index (χ4v) is 4.51. The summed E-state index contributed by atoms with van der Waals surface area (Å²) in [4.78, 5) is 16.9. The standard InChI is InChI=1S/C26H33ClN6O2/c1-26(2,3)35-25(34)32-15-12-23(13-16-32)33(14-11-19-7-9-22(27)10-8-19)18-20-5-4-6-21(17-20)24-28-30-31-29-24/h4-10,17,23H,11-16,18H2,1-3H3,(H,28,29,30,31). The average Bonchev–Trinajstić information content (AvgIpc) is 3.37. The van der Waals surface area contributed by atoms with Crippen LogP contribution in [-0.2, 0) is 17.7 Å². The molecule has 3 aromatic rings. The van der Waals surface area contributed by atoms with E-state index in [1.807, 2.05) is 49.9 Å². The van der Waals surface area contributed by atoms with Crippen molar-refractivity contribution in [1.29, 1.82) is 0 Å². The summed E-state index contributed by atoms with van der Waals surface area (Å²) in [6.45, 7) is 8.80. The molecule has 0 atom stereocenters. The van der Waals surface area contributed by atoms with Gasteiger partial charge in [-0.2, -0.15) is 5.21 Å². The summed E-state index contributed by atoms with van der Waals surface area (Å²) in [5, 5.41) is 15.2. The number of benzene rings is 2. The largest absolute Gasteiger partial charge is 0.444 e. The number of aromatic amines is 1. The Morgan fingerprint density at radius 1 is 1.14 bits per heavy atom. The summed E-state index contributed by atoms with van der Waals surface area (Å²) < 4.78 is 5.58. The van der Waals surface area contributed by atoms with Gasteiger partial charge in [-0.05, 0) is 74.6 Å². The lowest BCUT2D eigenvalue weighted by Crippen LogP contribution is -2.48. The molecule has 2 heterocycles. The molecular weight excluding hydrogens is 464 g/mol. The molecule has 2 aromatic carbocycles. The van der Waals surface area contributed by atoms with Gasteiger partial charge in [-0.15, -0.1) is 10.2 Å². The number of likely N-dealkylation sites (tertiary alicyclic amines) is 1. The molecule has 1 aromatic heterocycles. The minimum atomic E-state index is -0.484.